The molecule has 1 nitrogen and oxygen atoms in total. The van der Waals surface area contributed by atoms with Gasteiger partial charge in [0.05, 0.1) is 6.10 Å². The summed E-state index contributed by atoms with van der Waals surface area (Å²) in [5, 5.41) is 12.0. The lowest BCUT2D eigenvalue weighted by Crippen LogP contribution is -1.98. The third-order valence-electron chi connectivity index (χ3n) is 2.43. The Bertz CT molecular complexity index is 380. The average molecular weight is 218 g/mol. The second kappa shape index (κ2) is 5.10. The van der Waals surface area contributed by atoms with E-state index < -0.39 is 0 Å². The van der Waals surface area contributed by atoms with Crippen LogP contribution in [0, 0.1) is 0 Å². The molecule has 2 rings (SSSR count). The van der Waals surface area contributed by atoms with Crippen molar-refractivity contribution in [2.75, 3.05) is 0 Å². The van der Waals surface area contributed by atoms with Crippen LogP contribution in [0.15, 0.2) is 47.8 Å². The highest BCUT2D eigenvalue weighted by Gasteiger charge is 2.06. The number of thiophene rings is 1. The summed E-state index contributed by atoms with van der Waals surface area (Å²) in [7, 11) is 0. The van der Waals surface area contributed by atoms with Gasteiger partial charge in [0.2, 0.25) is 0 Å². The minimum Gasteiger partial charge on any atom is -0.388 e. The molecule has 0 fully saturated rings. The molecule has 0 aliphatic rings. The van der Waals surface area contributed by atoms with Gasteiger partial charge >= 0.3 is 0 Å². The molecular weight excluding hydrogens is 204 g/mol. The molecule has 2 heteroatoms. The van der Waals surface area contributed by atoms with E-state index in [0.29, 0.717) is 0 Å². The largest absolute Gasteiger partial charge is 0.388 e. The van der Waals surface area contributed by atoms with Crippen molar-refractivity contribution < 1.29 is 5.11 Å². The molecule has 0 spiro atoms. The first-order chi connectivity index (χ1) is 7.36. The van der Waals surface area contributed by atoms with Gasteiger partial charge in [0.25, 0.3) is 0 Å². The summed E-state index contributed by atoms with van der Waals surface area (Å²) in [5.74, 6) is 0. The van der Waals surface area contributed by atoms with Crippen LogP contribution < -0.4 is 0 Å². The number of hydrogen-bond acceptors (Lipinski definition) is 2. The van der Waals surface area contributed by atoms with E-state index in [1.165, 1.54) is 4.88 Å². The van der Waals surface area contributed by atoms with Gasteiger partial charge < -0.3 is 5.11 Å². The molecule has 1 heterocycles. The molecule has 1 N–H and O–H groups in total. The average Bonchev–Trinajstić information content (AvgIpc) is 2.80. The Labute approximate surface area is 94.0 Å². The molecule has 0 saturated heterocycles. The van der Waals surface area contributed by atoms with Crippen molar-refractivity contribution in [2.45, 2.75) is 18.9 Å². The zero-order chi connectivity index (χ0) is 10.5. The predicted molar refractivity (Wildman–Crippen MR) is 64.0 cm³/mol. The fraction of sp³-hybridized carbons (Fsp3) is 0.231. The van der Waals surface area contributed by atoms with Crippen LogP contribution in [0.2, 0.25) is 0 Å². The standard InChI is InChI=1S/C13H14OS/c14-13(11-5-2-1-3-6-11)9-8-12-7-4-10-15-12/h1-7,10,13-14H,8-9H2. The summed E-state index contributed by atoms with van der Waals surface area (Å²) in [4.78, 5) is 1.34. The SMILES string of the molecule is OC(CCc1cccs1)c1ccccc1. The molecule has 2 aromatic rings. The zero-order valence-corrected chi connectivity index (χ0v) is 9.28. The van der Waals surface area contributed by atoms with Crippen molar-refractivity contribution in [3.8, 4) is 0 Å². The van der Waals surface area contributed by atoms with Gasteiger partial charge in [-0.2, -0.15) is 0 Å². The van der Waals surface area contributed by atoms with Crippen LogP contribution in [0.5, 0.6) is 0 Å². The second-order valence-corrected chi connectivity index (χ2v) is 4.58. The molecule has 0 amide bonds. The van der Waals surface area contributed by atoms with Crippen LogP contribution in [0.1, 0.15) is 23.0 Å². The van der Waals surface area contributed by atoms with Crippen LogP contribution in [-0.4, -0.2) is 5.11 Å². The first kappa shape index (κ1) is 10.4. The predicted octanol–water partition coefficient (Wildman–Crippen LogP) is 3.41. The van der Waals surface area contributed by atoms with Crippen molar-refractivity contribution in [3.05, 3.63) is 58.3 Å². The third kappa shape index (κ3) is 2.91. The van der Waals surface area contributed by atoms with Gasteiger partial charge in [-0.15, -0.1) is 11.3 Å². The maximum atomic E-state index is 9.92. The topological polar surface area (TPSA) is 20.2 Å². The van der Waals surface area contributed by atoms with Crippen molar-refractivity contribution in [1.29, 1.82) is 0 Å². The van der Waals surface area contributed by atoms with Crippen molar-refractivity contribution in [2.24, 2.45) is 0 Å². The Kier molecular flexibility index (Phi) is 3.54. The van der Waals surface area contributed by atoms with E-state index in [9.17, 15) is 5.11 Å². The van der Waals surface area contributed by atoms with Gasteiger partial charge in [0, 0.05) is 4.88 Å². The first-order valence-electron chi connectivity index (χ1n) is 5.11. The molecule has 0 saturated carbocycles. The molecule has 0 radical (unpaired) electrons. The van der Waals surface area contributed by atoms with Gasteiger partial charge in [-0.05, 0) is 29.9 Å². The molecule has 1 aromatic heterocycles. The molecule has 1 unspecified atom stereocenters. The minimum absolute atomic E-state index is 0.340. The van der Waals surface area contributed by atoms with Crippen molar-refractivity contribution in [3.63, 3.8) is 0 Å². The highest BCUT2D eigenvalue weighted by atomic mass is 32.1. The molecule has 1 aromatic carbocycles. The molecule has 0 aliphatic carbocycles. The van der Waals surface area contributed by atoms with Crippen LogP contribution in [0.3, 0.4) is 0 Å². The number of aryl methyl sites for hydroxylation is 1. The van der Waals surface area contributed by atoms with Gasteiger partial charge in [-0.1, -0.05) is 36.4 Å². The molecule has 0 aliphatic heterocycles. The Hall–Kier alpha value is -1.12. The van der Waals surface area contributed by atoms with E-state index in [-0.39, 0.29) is 6.10 Å². The lowest BCUT2D eigenvalue weighted by atomic mass is 10.0. The maximum absolute atomic E-state index is 9.92. The number of rotatable bonds is 4. The molecule has 78 valence electrons. The van der Waals surface area contributed by atoms with E-state index in [1.807, 2.05) is 30.3 Å². The monoisotopic (exact) mass is 218 g/mol. The summed E-state index contributed by atoms with van der Waals surface area (Å²) < 4.78 is 0. The number of aliphatic hydroxyl groups excluding tert-OH is 1. The van der Waals surface area contributed by atoms with Crippen LogP contribution in [0.25, 0.3) is 0 Å². The summed E-state index contributed by atoms with van der Waals surface area (Å²) in [6.45, 7) is 0. The van der Waals surface area contributed by atoms with Crippen LogP contribution in [-0.2, 0) is 6.42 Å². The normalized spacial score (nSPS) is 12.6. The third-order valence-corrected chi connectivity index (χ3v) is 3.36. The Morgan fingerprint density at radius 3 is 2.53 bits per heavy atom. The Morgan fingerprint density at radius 2 is 1.87 bits per heavy atom. The van der Waals surface area contributed by atoms with Crippen molar-refractivity contribution in [1.82, 2.24) is 0 Å². The summed E-state index contributed by atoms with van der Waals surface area (Å²) in [6, 6.07) is 14.0. The van der Waals surface area contributed by atoms with Gasteiger partial charge in [0.1, 0.15) is 0 Å². The molecular formula is C13H14OS. The molecule has 15 heavy (non-hydrogen) atoms. The Morgan fingerprint density at radius 1 is 1.07 bits per heavy atom. The zero-order valence-electron chi connectivity index (χ0n) is 8.47. The molecule has 1 atom stereocenters. The Balaban J connectivity index is 1.90. The highest BCUT2D eigenvalue weighted by molar-refractivity contribution is 7.09. The smallest absolute Gasteiger partial charge is 0.0793 e. The van der Waals surface area contributed by atoms with E-state index in [0.717, 1.165) is 18.4 Å². The van der Waals surface area contributed by atoms with Gasteiger partial charge in [0.15, 0.2) is 0 Å². The highest BCUT2D eigenvalue weighted by Crippen LogP contribution is 2.20. The van der Waals surface area contributed by atoms with Gasteiger partial charge in [-0.3, -0.25) is 0 Å². The number of aliphatic hydroxyl groups is 1. The van der Waals surface area contributed by atoms with Crippen molar-refractivity contribution >= 4 is 11.3 Å². The maximum Gasteiger partial charge on any atom is 0.0793 e. The number of hydrogen-bond donors (Lipinski definition) is 1. The lowest BCUT2D eigenvalue weighted by Gasteiger charge is -2.09. The van der Waals surface area contributed by atoms with E-state index in [4.69, 9.17) is 0 Å². The van der Waals surface area contributed by atoms with Crippen LogP contribution in [0.4, 0.5) is 0 Å². The fourth-order valence-electron chi connectivity index (χ4n) is 1.58. The quantitative estimate of drug-likeness (QED) is 0.833. The summed E-state index contributed by atoms with van der Waals surface area (Å²) >= 11 is 1.75. The molecule has 0 bridgehead atoms. The lowest BCUT2D eigenvalue weighted by molar-refractivity contribution is 0.168. The van der Waals surface area contributed by atoms with E-state index in [2.05, 4.69) is 17.5 Å². The van der Waals surface area contributed by atoms with Gasteiger partial charge in [-0.25, -0.2) is 0 Å². The van der Waals surface area contributed by atoms with E-state index in [1.54, 1.807) is 11.3 Å². The number of benzene rings is 1. The minimum atomic E-state index is -0.340. The fourth-order valence-corrected chi connectivity index (χ4v) is 2.30. The summed E-state index contributed by atoms with van der Waals surface area (Å²) in [6.07, 6.45) is 1.41. The first-order valence-corrected chi connectivity index (χ1v) is 5.99. The van der Waals surface area contributed by atoms with E-state index >= 15 is 0 Å². The summed E-state index contributed by atoms with van der Waals surface area (Å²) in [5.41, 5.74) is 1.01. The van der Waals surface area contributed by atoms with Crippen LogP contribution >= 0.6 is 11.3 Å². The second-order valence-electron chi connectivity index (χ2n) is 3.54.